The number of amides is 1. The third-order valence-electron chi connectivity index (χ3n) is 7.74. The van der Waals surface area contributed by atoms with Gasteiger partial charge in [0.15, 0.2) is 0 Å². The Kier molecular flexibility index (Phi) is 8.31. The Labute approximate surface area is 232 Å². The number of carbonyl (C=O) groups is 1. The van der Waals surface area contributed by atoms with Crippen LogP contribution in [0.15, 0.2) is 97.1 Å². The molecule has 0 spiro atoms. The molecular formula is C35H38N2O2. The van der Waals surface area contributed by atoms with E-state index >= 15 is 0 Å². The summed E-state index contributed by atoms with van der Waals surface area (Å²) in [5, 5.41) is 3.49. The number of benzene rings is 4. The molecule has 0 aliphatic heterocycles. The van der Waals surface area contributed by atoms with Crippen LogP contribution in [0.4, 0.5) is 11.4 Å². The van der Waals surface area contributed by atoms with Crippen molar-refractivity contribution in [3.8, 4) is 5.75 Å². The number of rotatable bonds is 9. The van der Waals surface area contributed by atoms with Gasteiger partial charge in [-0.25, -0.2) is 0 Å². The molecule has 1 aliphatic carbocycles. The van der Waals surface area contributed by atoms with Gasteiger partial charge >= 0.3 is 0 Å². The number of methoxy groups -OCH3 is 1. The Morgan fingerprint density at radius 3 is 2.36 bits per heavy atom. The molecule has 0 bridgehead atoms. The first kappa shape index (κ1) is 26.6. The highest BCUT2D eigenvalue weighted by Crippen LogP contribution is 2.37. The van der Waals surface area contributed by atoms with Crippen molar-refractivity contribution < 1.29 is 9.53 Å². The quantitative estimate of drug-likeness (QED) is 0.243. The maximum atomic E-state index is 14.3. The zero-order valence-electron chi connectivity index (χ0n) is 23.2. The van der Waals surface area contributed by atoms with Crippen molar-refractivity contribution in [1.82, 2.24) is 0 Å². The molecule has 0 aromatic heterocycles. The van der Waals surface area contributed by atoms with Crippen molar-refractivity contribution in [2.24, 2.45) is 0 Å². The predicted octanol–water partition coefficient (Wildman–Crippen LogP) is 8.08. The van der Waals surface area contributed by atoms with E-state index in [1.807, 2.05) is 17.0 Å². The van der Waals surface area contributed by atoms with Gasteiger partial charge in [0, 0.05) is 17.9 Å². The largest absolute Gasteiger partial charge is 0.497 e. The molecule has 0 radical (unpaired) electrons. The molecule has 4 aromatic rings. The fraction of sp³-hybridized carbons (Fsp3) is 0.286. The maximum Gasteiger partial charge on any atom is 0.234 e. The number of anilines is 2. The van der Waals surface area contributed by atoms with Crippen LogP contribution in [0.5, 0.6) is 5.75 Å². The van der Waals surface area contributed by atoms with Crippen LogP contribution >= 0.6 is 0 Å². The van der Waals surface area contributed by atoms with Crippen LogP contribution in [-0.4, -0.2) is 13.0 Å². The van der Waals surface area contributed by atoms with Crippen LogP contribution in [0, 0.1) is 0 Å². The van der Waals surface area contributed by atoms with Gasteiger partial charge in [-0.05, 0) is 89.4 Å². The highest BCUT2D eigenvalue weighted by molar-refractivity contribution is 5.98. The van der Waals surface area contributed by atoms with E-state index in [0.29, 0.717) is 12.5 Å². The summed E-state index contributed by atoms with van der Waals surface area (Å²) in [5.74, 6) is 1.21. The molecule has 1 aliphatic rings. The standard InChI is InChI=1S/C35H38N2O2/c1-25(2)28-14-19-31(20-15-28)37(35(38)33-11-7-10-29-16-21-32(39-3)22-34(29)33)24-27-12-17-30(18-13-27)36-23-26-8-5-4-6-9-26/h4-6,8-9,12-22,25,33,36H,7,10-11,23-24H2,1-3H3. The van der Waals surface area contributed by atoms with Gasteiger partial charge in [-0.3, -0.25) is 4.79 Å². The number of nitrogens with one attached hydrogen (secondary N) is 1. The Morgan fingerprint density at radius 2 is 1.67 bits per heavy atom. The molecule has 4 aromatic carbocycles. The molecule has 0 saturated heterocycles. The van der Waals surface area contributed by atoms with Crippen molar-refractivity contribution >= 4 is 17.3 Å². The van der Waals surface area contributed by atoms with Crippen LogP contribution < -0.4 is 15.0 Å². The van der Waals surface area contributed by atoms with Gasteiger partial charge in [0.2, 0.25) is 5.91 Å². The monoisotopic (exact) mass is 518 g/mol. The van der Waals surface area contributed by atoms with Gasteiger partial charge in [0.25, 0.3) is 0 Å². The SMILES string of the molecule is COc1ccc2c(c1)C(C(=O)N(Cc1ccc(NCc3ccccc3)cc1)c1ccc(C(C)C)cc1)CCC2. The molecule has 4 nitrogen and oxygen atoms in total. The van der Waals surface area contributed by atoms with Gasteiger partial charge in [0.1, 0.15) is 5.75 Å². The summed E-state index contributed by atoms with van der Waals surface area (Å²) >= 11 is 0. The number of fused-ring (bicyclic) bond motifs is 1. The first-order valence-electron chi connectivity index (χ1n) is 14.0. The van der Waals surface area contributed by atoms with E-state index in [1.54, 1.807) is 7.11 Å². The van der Waals surface area contributed by atoms with Gasteiger partial charge in [-0.2, -0.15) is 0 Å². The van der Waals surface area contributed by atoms with Gasteiger partial charge in [0.05, 0.1) is 19.6 Å². The smallest absolute Gasteiger partial charge is 0.234 e. The molecule has 39 heavy (non-hydrogen) atoms. The number of ether oxygens (including phenoxy) is 1. The van der Waals surface area contributed by atoms with Crippen molar-refractivity contribution in [2.75, 3.05) is 17.3 Å². The van der Waals surface area contributed by atoms with E-state index < -0.39 is 0 Å². The molecule has 0 heterocycles. The van der Waals surface area contributed by atoms with Crippen LogP contribution in [0.3, 0.4) is 0 Å². The van der Waals surface area contributed by atoms with E-state index in [4.69, 9.17) is 4.74 Å². The average Bonchev–Trinajstić information content (AvgIpc) is 2.99. The van der Waals surface area contributed by atoms with E-state index in [-0.39, 0.29) is 11.8 Å². The second-order valence-electron chi connectivity index (χ2n) is 10.7. The number of nitrogens with zero attached hydrogens (tertiary/aromatic N) is 1. The number of hydrogen-bond acceptors (Lipinski definition) is 3. The zero-order chi connectivity index (χ0) is 27.2. The van der Waals surface area contributed by atoms with Crippen LogP contribution in [0.25, 0.3) is 0 Å². The Balaban J connectivity index is 1.40. The second kappa shape index (κ2) is 12.2. The lowest BCUT2D eigenvalue weighted by Crippen LogP contribution is -2.36. The van der Waals surface area contributed by atoms with Crippen LogP contribution in [0.1, 0.15) is 66.3 Å². The molecule has 4 heteroatoms. The summed E-state index contributed by atoms with van der Waals surface area (Å²) in [5.41, 5.74) is 7.98. The van der Waals surface area contributed by atoms with Gasteiger partial charge in [-0.1, -0.05) is 74.5 Å². The highest BCUT2D eigenvalue weighted by atomic mass is 16.5. The molecule has 200 valence electrons. The van der Waals surface area contributed by atoms with E-state index in [2.05, 4.69) is 104 Å². The molecule has 5 rings (SSSR count). The summed E-state index contributed by atoms with van der Waals surface area (Å²) in [6, 6.07) is 33.5. The molecule has 1 unspecified atom stereocenters. The van der Waals surface area contributed by atoms with Crippen LogP contribution in [-0.2, 0) is 24.3 Å². The lowest BCUT2D eigenvalue weighted by molar-refractivity contribution is -0.120. The van der Waals surface area contributed by atoms with Crippen LogP contribution in [0.2, 0.25) is 0 Å². The Morgan fingerprint density at radius 1 is 0.923 bits per heavy atom. The fourth-order valence-electron chi connectivity index (χ4n) is 5.39. The first-order valence-corrected chi connectivity index (χ1v) is 14.0. The normalized spacial score (nSPS) is 14.5. The fourth-order valence-corrected chi connectivity index (χ4v) is 5.39. The topological polar surface area (TPSA) is 41.6 Å². The van der Waals surface area contributed by atoms with Crippen molar-refractivity contribution in [3.05, 3.63) is 125 Å². The summed E-state index contributed by atoms with van der Waals surface area (Å²) in [7, 11) is 1.68. The summed E-state index contributed by atoms with van der Waals surface area (Å²) in [6.45, 7) is 5.68. The van der Waals surface area contributed by atoms with E-state index in [0.717, 1.165) is 54.1 Å². The summed E-state index contributed by atoms with van der Waals surface area (Å²) < 4.78 is 5.51. The molecule has 1 amide bonds. The average molecular weight is 519 g/mol. The third-order valence-corrected chi connectivity index (χ3v) is 7.74. The highest BCUT2D eigenvalue weighted by Gasteiger charge is 2.31. The Bertz CT molecular complexity index is 1380. The number of hydrogen-bond donors (Lipinski definition) is 1. The molecule has 0 saturated carbocycles. The van der Waals surface area contributed by atoms with E-state index in [1.165, 1.54) is 16.7 Å². The lowest BCUT2D eigenvalue weighted by atomic mass is 9.81. The summed E-state index contributed by atoms with van der Waals surface area (Å²) in [4.78, 5) is 16.3. The second-order valence-corrected chi connectivity index (χ2v) is 10.7. The minimum atomic E-state index is -0.180. The molecular weight excluding hydrogens is 480 g/mol. The summed E-state index contributed by atoms with van der Waals surface area (Å²) in [6.07, 6.45) is 2.86. The zero-order valence-corrected chi connectivity index (χ0v) is 23.2. The Hall–Kier alpha value is -4.05. The molecule has 1 N–H and O–H groups in total. The minimum absolute atomic E-state index is 0.146. The third kappa shape index (κ3) is 6.34. The van der Waals surface area contributed by atoms with Gasteiger partial charge in [-0.15, -0.1) is 0 Å². The lowest BCUT2D eigenvalue weighted by Gasteiger charge is -2.31. The predicted molar refractivity (Wildman–Crippen MR) is 161 cm³/mol. The molecule has 0 fully saturated rings. The van der Waals surface area contributed by atoms with Gasteiger partial charge < -0.3 is 15.0 Å². The molecule has 1 atom stereocenters. The van der Waals surface area contributed by atoms with E-state index in [9.17, 15) is 4.79 Å². The maximum absolute atomic E-state index is 14.3. The number of carbonyl (C=O) groups excluding carboxylic acids is 1. The number of aryl methyl sites for hydroxylation is 1. The van der Waals surface area contributed by atoms with Crippen molar-refractivity contribution in [3.63, 3.8) is 0 Å². The van der Waals surface area contributed by atoms with Crippen molar-refractivity contribution in [1.29, 1.82) is 0 Å². The van der Waals surface area contributed by atoms with Crippen molar-refractivity contribution in [2.45, 2.75) is 58.0 Å². The first-order chi connectivity index (χ1) is 19.0. The minimum Gasteiger partial charge on any atom is -0.497 e.